The quantitative estimate of drug-likeness (QED) is 0.802. The van der Waals surface area contributed by atoms with Gasteiger partial charge in [-0.25, -0.2) is 0 Å². The lowest BCUT2D eigenvalue weighted by atomic mass is 9.85. The van der Waals surface area contributed by atoms with E-state index >= 15 is 0 Å². The summed E-state index contributed by atoms with van der Waals surface area (Å²) >= 11 is 0. The Morgan fingerprint density at radius 2 is 2.10 bits per heavy atom. The first-order chi connectivity index (χ1) is 10.2. The first-order valence-corrected chi connectivity index (χ1v) is 7.68. The number of anilines is 1. The van der Waals surface area contributed by atoms with Crippen LogP contribution in [0.15, 0.2) is 4.42 Å². The number of hydrogen-bond donors (Lipinski definition) is 0. The van der Waals surface area contributed by atoms with Crippen LogP contribution in [0, 0.1) is 0 Å². The summed E-state index contributed by atoms with van der Waals surface area (Å²) in [5.74, 6) is 1.35. The minimum atomic E-state index is 0.0282. The Hall–Kier alpha value is -1.63. The van der Waals surface area contributed by atoms with Crippen LogP contribution < -0.4 is 4.90 Å². The van der Waals surface area contributed by atoms with Gasteiger partial charge in [-0.15, -0.1) is 5.10 Å². The zero-order chi connectivity index (χ0) is 14.4. The molecule has 1 aromatic rings. The van der Waals surface area contributed by atoms with E-state index in [0.29, 0.717) is 38.0 Å². The smallest absolute Gasteiger partial charge is 0.318 e. The number of likely N-dealkylation sites (N-methyl/N-ethyl adjacent to an activating group) is 1. The average Bonchev–Trinajstić information content (AvgIpc) is 3.00. The van der Waals surface area contributed by atoms with Crippen molar-refractivity contribution < 1.29 is 13.9 Å². The number of fused-ring (bicyclic) bond motifs is 1. The third-order valence-corrected chi connectivity index (χ3v) is 4.93. The summed E-state index contributed by atoms with van der Waals surface area (Å²) in [6.07, 6.45) is 4.04. The van der Waals surface area contributed by atoms with Gasteiger partial charge in [-0.3, -0.25) is 4.79 Å². The SMILES string of the molecule is CN1C(=O)CCO[C@H]2CN(c3nnc(C4CCC4)o3)C[C@@H]21. The highest BCUT2D eigenvalue weighted by Crippen LogP contribution is 2.37. The maximum absolute atomic E-state index is 11.9. The Kier molecular flexibility index (Phi) is 3.10. The summed E-state index contributed by atoms with van der Waals surface area (Å²) in [5, 5.41) is 8.35. The molecule has 0 N–H and O–H groups in total. The van der Waals surface area contributed by atoms with Gasteiger partial charge in [0.1, 0.15) is 0 Å². The van der Waals surface area contributed by atoms with Crippen molar-refractivity contribution in [2.45, 2.75) is 43.7 Å². The molecule has 2 saturated heterocycles. The number of carbonyl (C=O) groups is 1. The van der Waals surface area contributed by atoms with E-state index < -0.39 is 0 Å². The largest absolute Gasteiger partial charge is 0.408 e. The van der Waals surface area contributed by atoms with Crippen molar-refractivity contribution in [1.29, 1.82) is 0 Å². The highest BCUT2D eigenvalue weighted by molar-refractivity contribution is 5.76. The Morgan fingerprint density at radius 1 is 1.24 bits per heavy atom. The second kappa shape index (κ2) is 4.98. The van der Waals surface area contributed by atoms with Gasteiger partial charge < -0.3 is 19.0 Å². The van der Waals surface area contributed by atoms with Crippen molar-refractivity contribution in [3.05, 3.63) is 5.89 Å². The zero-order valence-electron chi connectivity index (χ0n) is 12.2. The first-order valence-electron chi connectivity index (χ1n) is 7.68. The molecule has 3 fully saturated rings. The standard InChI is InChI=1S/C14H20N4O3/c1-17-10-7-18(8-11(10)20-6-5-12(17)19)14-16-15-13(21-14)9-3-2-4-9/h9-11H,2-8H2,1H3/t10-,11-/m0/s1. The van der Waals surface area contributed by atoms with Crippen molar-refractivity contribution in [2.75, 3.05) is 31.6 Å². The normalized spacial score (nSPS) is 30.2. The van der Waals surface area contributed by atoms with Crippen molar-refractivity contribution in [3.63, 3.8) is 0 Å². The molecule has 1 amide bonds. The number of nitrogens with zero attached hydrogens (tertiary/aromatic N) is 4. The molecule has 3 heterocycles. The fraction of sp³-hybridized carbons (Fsp3) is 0.786. The van der Waals surface area contributed by atoms with E-state index in [1.54, 1.807) is 4.90 Å². The first kappa shape index (κ1) is 13.1. The minimum absolute atomic E-state index is 0.0282. The molecule has 0 bridgehead atoms. The number of carbonyl (C=O) groups excluding carboxylic acids is 1. The number of rotatable bonds is 2. The van der Waals surface area contributed by atoms with Gasteiger partial charge in [0.2, 0.25) is 11.8 Å². The van der Waals surface area contributed by atoms with E-state index in [1.807, 2.05) is 11.9 Å². The molecule has 3 aliphatic rings. The third kappa shape index (κ3) is 2.19. The van der Waals surface area contributed by atoms with Gasteiger partial charge in [0.05, 0.1) is 31.7 Å². The molecular formula is C14H20N4O3. The lowest BCUT2D eigenvalue weighted by Crippen LogP contribution is -2.42. The van der Waals surface area contributed by atoms with Crippen LogP contribution in [-0.4, -0.2) is 59.9 Å². The van der Waals surface area contributed by atoms with Crippen molar-refractivity contribution in [2.24, 2.45) is 0 Å². The molecule has 7 nitrogen and oxygen atoms in total. The summed E-state index contributed by atoms with van der Waals surface area (Å²) in [4.78, 5) is 15.8. The minimum Gasteiger partial charge on any atom is -0.408 e. The van der Waals surface area contributed by atoms with Crippen LogP contribution in [0.1, 0.15) is 37.5 Å². The third-order valence-electron chi connectivity index (χ3n) is 4.93. The average molecular weight is 292 g/mol. The molecule has 7 heteroatoms. The van der Waals surface area contributed by atoms with Gasteiger partial charge in [-0.05, 0) is 12.8 Å². The molecular weight excluding hydrogens is 272 g/mol. The molecule has 4 rings (SSSR count). The van der Waals surface area contributed by atoms with E-state index in [9.17, 15) is 4.79 Å². The summed E-state index contributed by atoms with van der Waals surface area (Å²) in [6, 6.07) is 0.633. The van der Waals surface area contributed by atoms with Crippen LogP contribution in [0.2, 0.25) is 0 Å². The van der Waals surface area contributed by atoms with Crippen LogP contribution in [0.3, 0.4) is 0 Å². The lowest BCUT2D eigenvalue weighted by Gasteiger charge is -2.24. The van der Waals surface area contributed by atoms with Gasteiger partial charge in [0, 0.05) is 19.5 Å². The molecule has 0 unspecified atom stereocenters. The number of aromatic nitrogens is 2. The molecule has 2 atom stereocenters. The zero-order valence-corrected chi connectivity index (χ0v) is 12.2. The topological polar surface area (TPSA) is 71.7 Å². The molecule has 2 aliphatic heterocycles. The highest BCUT2D eigenvalue weighted by Gasteiger charge is 2.41. The Labute approximate surface area is 123 Å². The molecule has 1 aromatic heterocycles. The molecule has 0 spiro atoms. The molecule has 1 saturated carbocycles. The molecule has 0 aromatic carbocycles. The van der Waals surface area contributed by atoms with Gasteiger partial charge in [0.25, 0.3) is 0 Å². The Bertz CT molecular complexity index is 542. The van der Waals surface area contributed by atoms with Crippen LogP contribution in [0.4, 0.5) is 6.01 Å². The van der Waals surface area contributed by atoms with Gasteiger partial charge in [-0.2, -0.15) is 0 Å². The second-order valence-corrected chi connectivity index (χ2v) is 6.19. The fourth-order valence-electron chi connectivity index (χ4n) is 3.28. The molecule has 0 radical (unpaired) electrons. The molecule has 1 aliphatic carbocycles. The Balaban J connectivity index is 1.50. The van der Waals surface area contributed by atoms with E-state index in [0.717, 1.165) is 18.7 Å². The van der Waals surface area contributed by atoms with Crippen molar-refractivity contribution in [3.8, 4) is 0 Å². The maximum Gasteiger partial charge on any atom is 0.318 e. The van der Waals surface area contributed by atoms with Gasteiger partial charge in [-0.1, -0.05) is 11.5 Å². The Morgan fingerprint density at radius 3 is 2.86 bits per heavy atom. The molecule has 21 heavy (non-hydrogen) atoms. The second-order valence-electron chi connectivity index (χ2n) is 6.19. The van der Waals surface area contributed by atoms with Gasteiger partial charge >= 0.3 is 6.01 Å². The summed E-state index contributed by atoms with van der Waals surface area (Å²) < 4.78 is 11.6. The van der Waals surface area contributed by atoms with E-state index in [2.05, 4.69) is 10.2 Å². The van der Waals surface area contributed by atoms with E-state index in [4.69, 9.17) is 9.15 Å². The number of ether oxygens (including phenoxy) is 1. The van der Waals surface area contributed by atoms with E-state index in [-0.39, 0.29) is 18.1 Å². The summed E-state index contributed by atoms with van der Waals surface area (Å²) in [5.41, 5.74) is 0. The van der Waals surface area contributed by atoms with Crippen LogP contribution in [-0.2, 0) is 9.53 Å². The highest BCUT2D eigenvalue weighted by atomic mass is 16.5. The number of amides is 1. The maximum atomic E-state index is 11.9. The predicted octanol–water partition coefficient (Wildman–Crippen LogP) is 0.773. The summed E-state index contributed by atoms with van der Waals surface area (Å²) in [7, 11) is 1.85. The number of hydrogen-bond acceptors (Lipinski definition) is 6. The monoisotopic (exact) mass is 292 g/mol. The predicted molar refractivity (Wildman–Crippen MR) is 74.0 cm³/mol. The van der Waals surface area contributed by atoms with Crippen molar-refractivity contribution >= 4 is 11.9 Å². The van der Waals surface area contributed by atoms with Gasteiger partial charge in [0.15, 0.2) is 0 Å². The van der Waals surface area contributed by atoms with Crippen LogP contribution in [0.5, 0.6) is 0 Å². The summed E-state index contributed by atoms with van der Waals surface area (Å²) in [6.45, 7) is 1.89. The lowest BCUT2D eigenvalue weighted by molar-refractivity contribution is -0.130. The van der Waals surface area contributed by atoms with E-state index in [1.165, 1.54) is 6.42 Å². The fourth-order valence-corrected chi connectivity index (χ4v) is 3.28. The van der Waals surface area contributed by atoms with Crippen LogP contribution >= 0.6 is 0 Å². The molecule has 114 valence electrons. The van der Waals surface area contributed by atoms with Crippen LogP contribution in [0.25, 0.3) is 0 Å². The van der Waals surface area contributed by atoms with Crippen molar-refractivity contribution in [1.82, 2.24) is 15.1 Å².